The van der Waals surface area contributed by atoms with Crippen molar-refractivity contribution in [3.63, 3.8) is 0 Å². The molecular weight excluding hydrogens is 735 g/mol. The summed E-state index contributed by atoms with van der Waals surface area (Å²) in [7, 11) is -2.68. The van der Waals surface area contributed by atoms with Gasteiger partial charge in [-0.2, -0.15) is 0 Å². The first-order valence-corrected chi connectivity index (χ1v) is 17.8. The van der Waals surface area contributed by atoms with E-state index in [0.29, 0.717) is 35.2 Å². The topological polar surface area (TPSA) is 133 Å². The third-order valence-corrected chi connectivity index (χ3v) is 10.3. The minimum absolute atomic E-state index is 0.0538. The van der Waals surface area contributed by atoms with Crippen LogP contribution in [-0.2, 0) is 21.3 Å². The summed E-state index contributed by atoms with van der Waals surface area (Å²) in [5.74, 6) is 0.252. The average Bonchev–Trinajstić information content (AvgIpc) is 3.78. The zero-order chi connectivity index (χ0) is 35.8. The highest BCUT2D eigenvalue weighted by Crippen LogP contribution is 2.34. The first-order chi connectivity index (χ1) is 23.7. The molecular formula is C35H34BrFN4O8S. The molecule has 6 rings (SSSR count). The highest BCUT2D eigenvalue weighted by atomic mass is 79.9. The van der Waals surface area contributed by atoms with Gasteiger partial charge in [0.05, 0.1) is 40.8 Å². The SMILES string of the molecule is COc1ccc(CN(c2ccon2)S(=O)(=O)c2ccc3c(ccc(=O)n3-c3cc(F)c(Br)cc3OC3CCN(C(=O)OC(C)(C)C)C3)c2)cc1. The standard InChI is InChI=1S/C35H34BrFN4O8S/c1-35(2,3)49-34(43)39-15-13-25(21-39)48-31-18-27(36)28(37)19-30(31)41-29-11-10-26(17-23(29)7-12-33(41)42)50(44,45)40(32-14-16-47-38-32)20-22-5-8-24(46-4)9-6-22/h5-12,14,16-19,25H,13,15,20-21H2,1-4H3. The summed E-state index contributed by atoms with van der Waals surface area (Å²) < 4.78 is 67.9. The first kappa shape index (κ1) is 35.0. The number of halogens is 2. The Morgan fingerprint density at radius 1 is 1.08 bits per heavy atom. The second kappa shape index (κ2) is 13.8. The Morgan fingerprint density at radius 3 is 2.52 bits per heavy atom. The summed E-state index contributed by atoms with van der Waals surface area (Å²) in [6.07, 6.45) is 0.834. The zero-order valence-electron chi connectivity index (χ0n) is 27.6. The number of sulfonamides is 1. The third-order valence-electron chi connectivity index (χ3n) is 7.95. The van der Waals surface area contributed by atoms with E-state index in [0.717, 1.165) is 4.31 Å². The Bertz CT molecular complexity index is 2200. The lowest BCUT2D eigenvalue weighted by molar-refractivity contribution is 0.0275. The molecule has 1 saturated heterocycles. The number of fused-ring (bicyclic) bond motifs is 1. The van der Waals surface area contributed by atoms with E-state index >= 15 is 4.39 Å². The number of pyridine rings is 1. The number of aromatic nitrogens is 2. The molecule has 12 nitrogen and oxygen atoms in total. The molecule has 1 unspecified atom stereocenters. The van der Waals surface area contributed by atoms with Crippen molar-refractivity contribution in [3.05, 3.63) is 105 Å². The molecule has 5 aromatic rings. The van der Waals surface area contributed by atoms with Gasteiger partial charge in [0.1, 0.15) is 35.3 Å². The zero-order valence-corrected chi connectivity index (χ0v) is 30.0. The fourth-order valence-corrected chi connectivity index (χ4v) is 7.32. The molecule has 3 aromatic carbocycles. The van der Waals surface area contributed by atoms with Gasteiger partial charge in [0.25, 0.3) is 15.6 Å². The van der Waals surface area contributed by atoms with Crippen LogP contribution in [-0.4, -0.2) is 61.0 Å². The van der Waals surface area contributed by atoms with Gasteiger partial charge in [0.2, 0.25) is 0 Å². The van der Waals surface area contributed by atoms with Crippen LogP contribution in [0.25, 0.3) is 16.6 Å². The van der Waals surface area contributed by atoms with Crippen LogP contribution >= 0.6 is 15.9 Å². The maximum atomic E-state index is 15.1. The normalized spacial score (nSPS) is 14.9. The summed E-state index contributed by atoms with van der Waals surface area (Å²) in [4.78, 5) is 27.6. The molecule has 0 N–H and O–H groups in total. The van der Waals surface area contributed by atoms with Crippen molar-refractivity contribution in [3.8, 4) is 17.2 Å². The van der Waals surface area contributed by atoms with E-state index in [1.165, 1.54) is 64.3 Å². The second-order valence-corrected chi connectivity index (χ2v) is 15.4. The van der Waals surface area contributed by atoms with Crippen LogP contribution in [0.5, 0.6) is 11.5 Å². The number of likely N-dealkylation sites (tertiary alicyclic amines) is 1. The molecule has 0 spiro atoms. The van der Waals surface area contributed by atoms with Gasteiger partial charge in [-0.15, -0.1) is 0 Å². The monoisotopic (exact) mass is 768 g/mol. The van der Waals surface area contributed by atoms with E-state index in [1.807, 2.05) is 0 Å². The number of nitrogens with zero attached hydrogens (tertiary/aromatic N) is 4. The second-order valence-electron chi connectivity index (χ2n) is 12.6. The minimum Gasteiger partial charge on any atom is -0.497 e. The molecule has 0 saturated carbocycles. The van der Waals surface area contributed by atoms with Crippen LogP contribution in [0.1, 0.15) is 32.8 Å². The van der Waals surface area contributed by atoms with E-state index < -0.39 is 39.2 Å². The predicted octanol–water partition coefficient (Wildman–Crippen LogP) is 6.67. The number of rotatable bonds is 9. The van der Waals surface area contributed by atoms with Crippen molar-refractivity contribution >= 4 is 48.8 Å². The molecule has 1 atom stereocenters. The van der Waals surface area contributed by atoms with Crippen molar-refractivity contribution in [1.82, 2.24) is 14.6 Å². The van der Waals surface area contributed by atoms with Crippen molar-refractivity contribution < 1.29 is 36.3 Å². The van der Waals surface area contributed by atoms with Gasteiger partial charge in [-0.3, -0.25) is 9.36 Å². The van der Waals surface area contributed by atoms with E-state index in [9.17, 15) is 18.0 Å². The molecule has 1 amide bonds. The molecule has 1 fully saturated rings. The number of anilines is 1. The van der Waals surface area contributed by atoms with Crippen LogP contribution in [0.3, 0.4) is 0 Å². The van der Waals surface area contributed by atoms with Crippen LogP contribution in [0.4, 0.5) is 15.0 Å². The Kier molecular flexibility index (Phi) is 9.64. The fourth-order valence-electron chi connectivity index (χ4n) is 5.56. The molecule has 0 aliphatic carbocycles. The molecule has 50 heavy (non-hydrogen) atoms. The number of hydrogen-bond acceptors (Lipinski definition) is 9. The van der Waals surface area contributed by atoms with E-state index in [2.05, 4.69) is 21.1 Å². The molecule has 0 radical (unpaired) electrons. The molecule has 3 heterocycles. The maximum Gasteiger partial charge on any atom is 0.410 e. The lowest BCUT2D eigenvalue weighted by Crippen LogP contribution is -2.36. The fraction of sp³-hybridized carbons (Fsp3) is 0.286. The summed E-state index contributed by atoms with van der Waals surface area (Å²) in [5.41, 5.74) is -0.0622. The van der Waals surface area contributed by atoms with Gasteiger partial charge in [0.15, 0.2) is 5.82 Å². The van der Waals surface area contributed by atoms with Crippen molar-refractivity contribution in [1.29, 1.82) is 0 Å². The van der Waals surface area contributed by atoms with Gasteiger partial charge in [-0.25, -0.2) is 21.9 Å². The predicted molar refractivity (Wildman–Crippen MR) is 187 cm³/mol. The summed E-state index contributed by atoms with van der Waals surface area (Å²) in [6.45, 7) is 5.93. The van der Waals surface area contributed by atoms with Gasteiger partial charge < -0.3 is 23.6 Å². The lowest BCUT2D eigenvalue weighted by atomic mass is 10.2. The lowest BCUT2D eigenvalue weighted by Gasteiger charge is -2.24. The Hall–Kier alpha value is -4.89. The highest BCUT2D eigenvalue weighted by Gasteiger charge is 2.32. The molecule has 15 heteroatoms. The Balaban J connectivity index is 1.35. The Morgan fingerprint density at radius 2 is 1.84 bits per heavy atom. The molecule has 1 aliphatic heterocycles. The number of benzene rings is 3. The number of ether oxygens (including phenoxy) is 3. The first-order valence-electron chi connectivity index (χ1n) is 15.6. The van der Waals surface area contributed by atoms with E-state index in [-0.39, 0.29) is 39.7 Å². The van der Waals surface area contributed by atoms with Crippen LogP contribution in [0, 0.1) is 5.82 Å². The third kappa shape index (κ3) is 7.33. The maximum absolute atomic E-state index is 15.1. The number of carbonyl (C=O) groups is 1. The molecule has 0 bridgehead atoms. The highest BCUT2D eigenvalue weighted by molar-refractivity contribution is 9.10. The summed E-state index contributed by atoms with van der Waals surface area (Å²) >= 11 is 3.21. The number of hydrogen-bond donors (Lipinski definition) is 0. The van der Waals surface area contributed by atoms with Crippen molar-refractivity contribution in [2.75, 3.05) is 24.5 Å². The quantitative estimate of drug-likeness (QED) is 0.161. The van der Waals surface area contributed by atoms with Gasteiger partial charge in [-0.1, -0.05) is 17.3 Å². The van der Waals surface area contributed by atoms with E-state index in [4.69, 9.17) is 18.7 Å². The van der Waals surface area contributed by atoms with Crippen LogP contribution in [0.15, 0.2) is 97.7 Å². The van der Waals surface area contributed by atoms with Gasteiger partial charge in [0, 0.05) is 36.6 Å². The van der Waals surface area contributed by atoms with Crippen LogP contribution in [0.2, 0.25) is 0 Å². The van der Waals surface area contributed by atoms with Gasteiger partial charge in [-0.05, 0) is 84.7 Å². The summed E-state index contributed by atoms with van der Waals surface area (Å²) in [6, 6.07) is 18.1. The average molecular weight is 770 g/mol. The number of amides is 1. The van der Waals surface area contributed by atoms with E-state index in [1.54, 1.807) is 52.1 Å². The Labute approximate surface area is 296 Å². The molecule has 1 aliphatic rings. The van der Waals surface area contributed by atoms with Crippen LogP contribution < -0.4 is 19.3 Å². The number of carbonyl (C=O) groups excluding carboxylic acids is 1. The van der Waals surface area contributed by atoms with Crippen molar-refractivity contribution in [2.24, 2.45) is 0 Å². The number of methoxy groups -OCH3 is 1. The molecule has 262 valence electrons. The van der Waals surface area contributed by atoms with Crippen molar-refractivity contribution in [2.45, 2.75) is 50.3 Å². The minimum atomic E-state index is -4.22. The largest absolute Gasteiger partial charge is 0.497 e. The van der Waals surface area contributed by atoms with Gasteiger partial charge >= 0.3 is 6.09 Å². The smallest absolute Gasteiger partial charge is 0.410 e. The summed E-state index contributed by atoms with van der Waals surface area (Å²) in [5, 5.41) is 4.27. The molecule has 2 aromatic heterocycles.